The van der Waals surface area contributed by atoms with Crippen molar-refractivity contribution in [1.82, 2.24) is 10.4 Å². The molecule has 1 N–H and O–H groups in total. The third kappa shape index (κ3) is 4.47. The molecule has 132 valence electrons. The van der Waals surface area contributed by atoms with E-state index in [4.69, 9.17) is 4.99 Å². The number of thioether (sulfide) groups is 1. The molecule has 0 aromatic heterocycles. The smallest absolute Gasteiger partial charge is 0.280 e. The summed E-state index contributed by atoms with van der Waals surface area (Å²) in [6.07, 6.45) is 13.5. The second-order valence-electron chi connectivity index (χ2n) is 6.48. The molecule has 0 spiro atoms. The SMILES string of the molecule is CN1NC(C2=CC=C(C(F)(F)P)CC=C2)SC1=NC1CCCCC1. The maximum absolute atomic E-state index is 13.5. The molecule has 0 amide bonds. The van der Waals surface area contributed by atoms with Crippen molar-refractivity contribution in [3.05, 3.63) is 35.5 Å². The number of hydrogen-bond donors (Lipinski definition) is 1. The van der Waals surface area contributed by atoms with E-state index in [-0.39, 0.29) is 17.4 Å². The van der Waals surface area contributed by atoms with E-state index >= 15 is 0 Å². The first-order chi connectivity index (χ1) is 11.4. The Hall–Kier alpha value is -0.710. The molecule has 2 fully saturated rings. The lowest BCUT2D eigenvalue weighted by Gasteiger charge is -2.19. The van der Waals surface area contributed by atoms with Gasteiger partial charge in [0.15, 0.2) is 5.17 Å². The monoisotopic (exact) mass is 371 g/mol. The average molecular weight is 371 g/mol. The van der Waals surface area contributed by atoms with Gasteiger partial charge in [-0.05, 0) is 24.8 Å². The fraction of sp³-hybridized carbons (Fsp3) is 0.588. The number of nitrogens with one attached hydrogen (secondary N) is 1. The van der Waals surface area contributed by atoms with E-state index in [0.717, 1.165) is 10.7 Å². The quantitative estimate of drug-likeness (QED) is 0.742. The maximum Gasteiger partial charge on any atom is 0.280 e. The number of aliphatic imine (C=N–C) groups is 1. The lowest BCUT2D eigenvalue weighted by molar-refractivity contribution is 0.144. The predicted molar refractivity (Wildman–Crippen MR) is 101 cm³/mol. The molecule has 2 unspecified atom stereocenters. The van der Waals surface area contributed by atoms with Crippen LogP contribution in [0, 0.1) is 0 Å². The molecule has 1 heterocycles. The van der Waals surface area contributed by atoms with E-state index in [9.17, 15) is 8.78 Å². The van der Waals surface area contributed by atoms with Gasteiger partial charge in [0.1, 0.15) is 5.37 Å². The van der Waals surface area contributed by atoms with Crippen LogP contribution in [0.3, 0.4) is 0 Å². The Morgan fingerprint density at radius 1 is 1.29 bits per heavy atom. The van der Waals surface area contributed by atoms with Crippen molar-refractivity contribution in [3.8, 4) is 0 Å². The molecule has 3 nitrogen and oxygen atoms in total. The van der Waals surface area contributed by atoms with E-state index in [1.165, 1.54) is 32.1 Å². The molecule has 1 aliphatic heterocycles. The van der Waals surface area contributed by atoms with Gasteiger partial charge in [0.25, 0.3) is 5.66 Å². The molecule has 3 aliphatic rings. The minimum atomic E-state index is -2.85. The number of halogens is 2. The number of allylic oxidation sites excluding steroid dienone is 4. The van der Waals surface area contributed by atoms with Gasteiger partial charge in [-0.3, -0.25) is 10.0 Å². The molecule has 0 bridgehead atoms. The molecule has 24 heavy (non-hydrogen) atoms. The minimum Gasteiger partial charge on any atom is -0.289 e. The lowest BCUT2D eigenvalue weighted by atomic mass is 9.96. The van der Waals surface area contributed by atoms with Crippen LogP contribution in [0.4, 0.5) is 8.78 Å². The zero-order valence-electron chi connectivity index (χ0n) is 13.8. The topological polar surface area (TPSA) is 27.6 Å². The Balaban J connectivity index is 1.71. The second-order valence-corrected chi connectivity index (χ2v) is 8.27. The number of rotatable bonds is 3. The summed E-state index contributed by atoms with van der Waals surface area (Å²) < 4.78 is 26.9. The molecule has 1 saturated carbocycles. The second kappa shape index (κ2) is 7.67. The first-order valence-electron chi connectivity index (χ1n) is 8.42. The molecule has 0 radical (unpaired) electrons. The standard InChI is InChI=1S/C17H24F2N3PS/c1-22-16(20-14-8-3-2-4-9-14)24-15(21-22)12-6-5-7-13(11-10-12)17(18,19)23/h5-6,10-11,14-15,21H,2-4,7-9,23H2,1H3. The van der Waals surface area contributed by atoms with Gasteiger partial charge in [0.2, 0.25) is 0 Å². The summed E-state index contributed by atoms with van der Waals surface area (Å²) in [5.41, 5.74) is 1.63. The summed E-state index contributed by atoms with van der Waals surface area (Å²) in [6, 6.07) is 0.421. The van der Waals surface area contributed by atoms with Crippen LogP contribution in [-0.2, 0) is 0 Å². The lowest BCUT2D eigenvalue weighted by Crippen LogP contribution is -2.35. The van der Waals surface area contributed by atoms with Crippen LogP contribution in [0.5, 0.6) is 0 Å². The fourth-order valence-corrected chi connectivity index (χ4v) is 4.48. The predicted octanol–water partition coefficient (Wildman–Crippen LogP) is 4.47. The van der Waals surface area contributed by atoms with Crippen LogP contribution < -0.4 is 5.43 Å². The van der Waals surface area contributed by atoms with Gasteiger partial charge < -0.3 is 0 Å². The Bertz CT molecular complexity index is 589. The molecule has 2 aliphatic carbocycles. The summed E-state index contributed by atoms with van der Waals surface area (Å²) in [6.45, 7) is 0. The van der Waals surface area contributed by atoms with Crippen molar-refractivity contribution in [2.24, 2.45) is 4.99 Å². The van der Waals surface area contributed by atoms with Crippen molar-refractivity contribution >= 4 is 26.2 Å². The maximum atomic E-state index is 13.5. The molecule has 0 aromatic rings. The van der Waals surface area contributed by atoms with Gasteiger partial charge in [0.05, 0.1) is 6.04 Å². The number of alkyl halides is 2. The van der Waals surface area contributed by atoms with E-state index in [0.29, 0.717) is 6.04 Å². The van der Waals surface area contributed by atoms with Gasteiger partial charge >= 0.3 is 0 Å². The van der Waals surface area contributed by atoms with E-state index in [1.54, 1.807) is 39.2 Å². The summed E-state index contributed by atoms with van der Waals surface area (Å²) >= 11 is 1.66. The molecule has 1 saturated heterocycles. The largest absolute Gasteiger partial charge is 0.289 e. The van der Waals surface area contributed by atoms with Crippen LogP contribution in [-0.4, -0.2) is 34.3 Å². The number of hydrazine groups is 1. The highest BCUT2D eigenvalue weighted by Crippen LogP contribution is 2.36. The van der Waals surface area contributed by atoms with Gasteiger partial charge in [-0.25, -0.2) is 5.43 Å². The molecule has 7 heteroatoms. The zero-order valence-corrected chi connectivity index (χ0v) is 15.8. The highest BCUT2D eigenvalue weighted by Gasteiger charge is 2.30. The summed E-state index contributed by atoms with van der Waals surface area (Å²) in [5.74, 6) is 0. The Morgan fingerprint density at radius 2 is 2.04 bits per heavy atom. The Morgan fingerprint density at radius 3 is 2.75 bits per heavy atom. The third-order valence-corrected chi connectivity index (χ3v) is 6.12. The number of hydrogen-bond acceptors (Lipinski definition) is 3. The van der Waals surface area contributed by atoms with Crippen LogP contribution in [0.2, 0.25) is 0 Å². The Kier molecular flexibility index (Phi) is 5.78. The first-order valence-corrected chi connectivity index (χ1v) is 9.88. The molecule has 0 aromatic carbocycles. The third-order valence-electron chi connectivity index (χ3n) is 4.54. The summed E-state index contributed by atoms with van der Waals surface area (Å²) in [7, 11) is 3.58. The minimum absolute atomic E-state index is 0.0160. The molecular weight excluding hydrogens is 347 g/mol. The molecule has 2 atom stereocenters. The van der Waals surface area contributed by atoms with Crippen LogP contribution in [0.15, 0.2) is 40.4 Å². The van der Waals surface area contributed by atoms with Crippen LogP contribution in [0.1, 0.15) is 38.5 Å². The van der Waals surface area contributed by atoms with E-state index in [2.05, 4.69) is 5.43 Å². The molecule has 3 rings (SSSR count). The van der Waals surface area contributed by atoms with Gasteiger partial charge in [-0.15, -0.1) is 0 Å². The highest BCUT2D eigenvalue weighted by atomic mass is 32.2. The first kappa shape index (κ1) is 18.1. The van der Waals surface area contributed by atoms with E-state index < -0.39 is 5.66 Å². The summed E-state index contributed by atoms with van der Waals surface area (Å²) in [5, 5.41) is 2.96. The van der Waals surface area contributed by atoms with Crippen molar-refractivity contribution < 1.29 is 8.78 Å². The van der Waals surface area contributed by atoms with Crippen molar-refractivity contribution in [2.45, 2.75) is 55.6 Å². The van der Waals surface area contributed by atoms with Crippen LogP contribution in [0.25, 0.3) is 0 Å². The van der Waals surface area contributed by atoms with Crippen molar-refractivity contribution in [3.63, 3.8) is 0 Å². The number of nitrogens with zero attached hydrogens (tertiary/aromatic N) is 2. The van der Waals surface area contributed by atoms with Gasteiger partial charge in [-0.2, -0.15) is 8.78 Å². The Labute approximate surface area is 148 Å². The summed E-state index contributed by atoms with van der Waals surface area (Å²) in [4.78, 5) is 4.89. The van der Waals surface area contributed by atoms with Gasteiger partial charge in [0, 0.05) is 12.6 Å². The van der Waals surface area contributed by atoms with Crippen LogP contribution >= 0.6 is 21.0 Å². The average Bonchev–Trinajstić information content (AvgIpc) is 2.76. The zero-order chi connectivity index (χ0) is 17.2. The van der Waals surface area contributed by atoms with Gasteiger partial charge in [-0.1, -0.05) is 64.6 Å². The highest BCUT2D eigenvalue weighted by molar-refractivity contribution is 8.14. The van der Waals surface area contributed by atoms with Crippen molar-refractivity contribution in [1.29, 1.82) is 0 Å². The van der Waals surface area contributed by atoms with E-state index in [1.807, 2.05) is 18.1 Å². The number of amidine groups is 1. The molecular formula is C17H24F2N3PS. The van der Waals surface area contributed by atoms with Crippen molar-refractivity contribution in [2.75, 3.05) is 7.05 Å². The fourth-order valence-electron chi connectivity index (χ4n) is 3.13. The normalized spacial score (nSPS) is 28.1.